The highest BCUT2D eigenvalue weighted by atomic mass is 32.1. The number of thiol groups is 1. The van der Waals surface area contributed by atoms with Gasteiger partial charge in [-0.3, -0.25) is 0 Å². The fraction of sp³-hybridized carbons (Fsp3) is 1.00. The Hall–Kier alpha value is 0.310. The summed E-state index contributed by atoms with van der Waals surface area (Å²) in [4.78, 5) is 2.64. The maximum absolute atomic E-state index is 4.50. The summed E-state index contributed by atoms with van der Waals surface area (Å²) in [5.41, 5.74) is 0.391. The molecule has 1 aliphatic rings. The molecular weight excluding hydrogens is 202 g/mol. The first kappa shape index (κ1) is 13.4. The van der Waals surface area contributed by atoms with Crippen LogP contribution in [0.4, 0.5) is 0 Å². The first-order valence-electron chi connectivity index (χ1n) is 6.26. The molecule has 0 N–H and O–H groups in total. The largest absolute Gasteiger partial charge is 0.303 e. The second-order valence-electron chi connectivity index (χ2n) is 6.25. The Balaban J connectivity index is 2.44. The molecule has 1 nitrogen and oxygen atoms in total. The highest BCUT2D eigenvalue weighted by Crippen LogP contribution is 2.29. The number of hydrogen-bond acceptors (Lipinski definition) is 2. The van der Waals surface area contributed by atoms with Crippen molar-refractivity contribution in [3.05, 3.63) is 0 Å². The van der Waals surface area contributed by atoms with E-state index in [2.05, 4.69) is 45.2 Å². The van der Waals surface area contributed by atoms with Gasteiger partial charge in [0.2, 0.25) is 0 Å². The molecule has 2 atom stereocenters. The smallest absolute Gasteiger partial charge is 0.00226 e. The summed E-state index contributed by atoms with van der Waals surface area (Å²) in [6.07, 6.45) is 2.79. The third-order valence-electron chi connectivity index (χ3n) is 3.66. The van der Waals surface area contributed by atoms with Gasteiger partial charge in [0.15, 0.2) is 0 Å². The van der Waals surface area contributed by atoms with Crippen LogP contribution in [0.1, 0.15) is 40.5 Å². The molecule has 15 heavy (non-hydrogen) atoms. The highest BCUT2D eigenvalue weighted by molar-refractivity contribution is 7.80. The van der Waals surface area contributed by atoms with Gasteiger partial charge < -0.3 is 4.90 Å². The van der Waals surface area contributed by atoms with Crippen LogP contribution in [-0.2, 0) is 0 Å². The zero-order valence-corrected chi connectivity index (χ0v) is 11.7. The number of nitrogens with zero attached hydrogens (tertiary/aromatic N) is 1. The average molecular weight is 229 g/mol. The van der Waals surface area contributed by atoms with E-state index in [1.54, 1.807) is 0 Å². The quantitative estimate of drug-likeness (QED) is 0.727. The van der Waals surface area contributed by atoms with Crippen LogP contribution in [0.25, 0.3) is 0 Å². The minimum atomic E-state index is 0.391. The summed E-state index contributed by atoms with van der Waals surface area (Å²) in [6.45, 7) is 13.2. The monoisotopic (exact) mass is 229 g/mol. The molecule has 1 saturated heterocycles. The highest BCUT2D eigenvalue weighted by Gasteiger charge is 2.27. The molecule has 0 bridgehead atoms. The average Bonchev–Trinajstić information content (AvgIpc) is 2.12. The van der Waals surface area contributed by atoms with Crippen LogP contribution in [0, 0.1) is 17.3 Å². The van der Waals surface area contributed by atoms with Crippen LogP contribution in [-0.4, -0.2) is 30.3 Å². The van der Waals surface area contributed by atoms with Crippen molar-refractivity contribution in [2.75, 3.05) is 25.4 Å². The fourth-order valence-corrected chi connectivity index (χ4v) is 3.03. The molecule has 90 valence electrons. The lowest BCUT2D eigenvalue weighted by Gasteiger charge is -2.38. The van der Waals surface area contributed by atoms with Crippen LogP contribution in [0.3, 0.4) is 0 Å². The van der Waals surface area contributed by atoms with Crippen molar-refractivity contribution in [1.29, 1.82) is 0 Å². The minimum Gasteiger partial charge on any atom is -0.303 e. The molecule has 0 amide bonds. The first-order chi connectivity index (χ1) is 6.93. The molecule has 2 heteroatoms. The van der Waals surface area contributed by atoms with Gasteiger partial charge in [-0.2, -0.15) is 12.6 Å². The third-order valence-corrected chi connectivity index (χ3v) is 4.11. The van der Waals surface area contributed by atoms with E-state index in [9.17, 15) is 0 Å². The molecule has 0 aromatic rings. The standard InChI is InChI=1S/C13H27NS/c1-11-6-5-7-14(8-11)9-12(10-15)13(2,3)4/h11-12,15H,5-10H2,1-4H3. The second kappa shape index (κ2) is 5.58. The van der Waals surface area contributed by atoms with E-state index in [1.165, 1.54) is 32.5 Å². The fourth-order valence-electron chi connectivity index (χ4n) is 2.37. The SMILES string of the molecule is CC1CCCN(CC(CS)C(C)(C)C)C1. The number of hydrogen-bond donors (Lipinski definition) is 1. The Labute approximate surface area is 101 Å². The zero-order valence-electron chi connectivity index (χ0n) is 10.8. The Kier molecular flexibility index (Phi) is 4.98. The molecule has 1 rings (SSSR count). The van der Waals surface area contributed by atoms with Crippen LogP contribution >= 0.6 is 12.6 Å². The molecular formula is C13H27NS. The maximum atomic E-state index is 4.50. The molecule has 0 aromatic carbocycles. The van der Waals surface area contributed by atoms with Crippen molar-refractivity contribution in [3.63, 3.8) is 0 Å². The van der Waals surface area contributed by atoms with E-state index in [-0.39, 0.29) is 0 Å². The van der Waals surface area contributed by atoms with E-state index in [1.807, 2.05) is 0 Å². The van der Waals surface area contributed by atoms with Gasteiger partial charge in [0.25, 0.3) is 0 Å². The van der Waals surface area contributed by atoms with Crippen LogP contribution in [0.15, 0.2) is 0 Å². The van der Waals surface area contributed by atoms with Crippen LogP contribution in [0.5, 0.6) is 0 Å². The van der Waals surface area contributed by atoms with Crippen molar-refractivity contribution >= 4 is 12.6 Å². The molecule has 0 spiro atoms. The predicted molar refractivity (Wildman–Crippen MR) is 71.6 cm³/mol. The van der Waals surface area contributed by atoms with Gasteiger partial charge in [-0.25, -0.2) is 0 Å². The summed E-state index contributed by atoms with van der Waals surface area (Å²) in [6, 6.07) is 0. The van der Waals surface area contributed by atoms with Crippen molar-refractivity contribution < 1.29 is 0 Å². The van der Waals surface area contributed by atoms with E-state index in [0.717, 1.165) is 11.7 Å². The molecule has 0 radical (unpaired) electrons. The van der Waals surface area contributed by atoms with Gasteiger partial charge in [-0.15, -0.1) is 0 Å². The molecule has 1 fully saturated rings. The molecule has 0 aromatic heterocycles. The number of rotatable bonds is 3. The first-order valence-corrected chi connectivity index (χ1v) is 6.90. The van der Waals surface area contributed by atoms with Crippen molar-refractivity contribution in [2.45, 2.75) is 40.5 Å². The van der Waals surface area contributed by atoms with Gasteiger partial charge in [0.1, 0.15) is 0 Å². The molecule has 0 saturated carbocycles. The van der Waals surface area contributed by atoms with E-state index in [0.29, 0.717) is 11.3 Å². The Morgan fingerprint density at radius 3 is 2.53 bits per heavy atom. The molecule has 2 unspecified atom stereocenters. The lowest BCUT2D eigenvalue weighted by Crippen LogP contribution is -2.41. The lowest BCUT2D eigenvalue weighted by molar-refractivity contribution is 0.123. The molecule has 1 aliphatic heterocycles. The topological polar surface area (TPSA) is 3.24 Å². The molecule has 1 heterocycles. The van der Waals surface area contributed by atoms with E-state index < -0.39 is 0 Å². The summed E-state index contributed by atoms with van der Waals surface area (Å²) in [7, 11) is 0. The second-order valence-corrected chi connectivity index (χ2v) is 6.62. The minimum absolute atomic E-state index is 0.391. The van der Waals surface area contributed by atoms with Crippen LogP contribution in [0.2, 0.25) is 0 Å². The third kappa shape index (κ3) is 4.36. The summed E-state index contributed by atoms with van der Waals surface area (Å²) in [5.74, 6) is 2.61. The van der Waals surface area contributed by atoms with Gasteiger partial charge in [0.05, 0.1) is 0 Å². The van der Waals surface area contributed by atoms with Gasteiger partial charge in [0, 0.05) is 13.1 Å². The van der Waals surface area contributed by atoms with Crippen molar-refractivity contribution in [2.24, 2.45) is 17.3 Å². The lowest BCUT2D eigenvalue weighted by atomic mass is 9.81. The van der Waals surface area contributed by atoms with Gasteiger partial charge in [-0.05, 0) is 42.4 Å². The summed E-state index contributed by atoms with van der Waals surface area (Å²) in [5, 5.41) is 0. The Bertz CT molecular complexity index is 185. The van der Waals surface area contributed by atoms with Gasteiger partial charge >= 0.3 is 0 Å². The van der Waals surface area contributed by atoms with Crippen molar-refractivity contribution in [1.82, 2.24) is 4.90 Å². The van der Waals surface area contributed by atoms with Crippen molar-refractivity contribution in [3.8, 4) is 0 Å². The van der Waals surface area contributed by atoms with E-state index in [4.69, 9.17) is 0 Å². The summed E-state index contributed by atoms with van der Waals surface area (Å²) < 4.78 is 0. The summed E-state index contributed by atoms with van der Waals surface area (Å²) >= 11 is 4.50. The zero-order chi connectivity index (χ0) is 11.5. The van der Waals surface area contributed by atoms with Crippen LogP contribution < -0.4 is 0 Å². The number of likely N-dealkylation sites (tertiary alicyclic amines) is 1. The maximum Gasteiger partial charge on any atom is 0.00226 e. The Morgan fingerprint density at radius 1 is 1.40 bits per heavy atom. The molecule has 0 aliphatic carbocycles. The van der Waals surface area contributed by atoms with Gasteiger partial charge in [-0.1, -0.05) is 27.7 Å². The van der Waals surface area contributed by atoms with E-state index >= 15 is 0 Å². The predicted octanol–water partition coefficient (Wildman–Crippen LogP) is 3.31. The Morgan fingerprint density at radius 2 is 2.07 bits per heavy atom. The normalized spacial score (nSPS) is 26.6. The number of piperidine rings is 1.